The predicted molar refractivity (Wildman–Crippen MR) is 76.6 cm³/mol. The number of carbonyl (C=O) groups is 1. The van der Waals surface area contributed by atoms with Gasteiger partial charge in [-0.05, 0) is 12.1 Å². The van der Waals surface area contributed by atoms with Crippen LogP contribution in [0.15, 0.2) is 18.3 Å². The molecule has 0 N–H and O–H groups in total. The molecule has 1 aromatic heterocycles. The van der Waals surface area contributed by atoms with Crippen molar-refractivity contribution in [2.75, 3.05) is 45.8 Å². The Morgan fingerprint density at radius 1 is 1.40 bits per heavy atom. The van der Waals surface area contributed by atoms with Crippen LogP contribution in [0.3, 0.4) is 0 Å². The number of rotatable bonds is 7. The second-order valence-electron chi connectivity index (χ2n) is 4.49. The van der Waals surface area contributed by atoms with Crippen molar-refractivity contribution in [1.29, 1.82) is 5.26 Å². The normalized spacial score (nSPS) is 9.90. The highest BCUT2D eigenvalue weighted by atomic mass is 16.5. The molecular weight excluding hydrogens is 256 g/mol. The number of pyridine rings is 1. The summed E-state index contributed by atoms with van der Waals surface area (Å²) in [6.45, 7) is 1.81. The standard InChI is InChI=1S/C14H20N4O2/c1-17(2)14(19)12-5-6-13(16-11-12)18(8-4-7-15)9-10-20-3/h5-6,11H,4,8-10H2,1-3H3. The minimum atomic E-state index is -0.0792. The van der Waals surface area contributed by atoms with E-state index in [-0.39, 0.29) is 5.91 Å². The van der Waals surface area contributed by atoms with E-state index in [1.807, 2.05) is 4.90 Å². The topological polar surface area (TPSA) is 69.5 Å². The summed E-state index contributed by atoms with van der Waals surface area (Å²) in [7, 11) is 5.04. The highest BCUT2D eigenvalue weighted by Crippen LogP contribution is 2.12. The van der Waals surface area contributed by atoms with Gasteiger partial charge in [0.05, 0.1) is 24.7 Å². The van der Waals surface area contributed by atoms with Crippen molar-refractivity contribution in [3.63, 3.8) is 0 Å². The van der Waals surface area contributed by atoms with Gasteiger partial charge in [0.2, 0.25) is 0 Å². The van der Waals surface area contributed by atoms with Crippen molar-refractivity contribution in [2.45, 2.75) is 6.42 Å². The molecule has 1 rings (SSSR count). The Morgan fingerprint density at radius 2 is 2.15 bits per heavy atom. The fraction of sp³-hybridized carbons (Fsp3) is 0.500. The molecule has 0 aliphatic carbocycles. The van der Waals surface area contributed by atoms with Crippen molar-refractivity contribution < 1.29 is 9.53 Å². The van der Waals surface area contributed by atoms with Crippen molar-refractivity contribution in [3.05, 3.63) is 23.9 Å². The lowest BCUT2D eigenvalue weighted by Crippen LogP contribution is -2.29. The molecule has 0 aliphatic heterocycles. The molecule has 108 valence electrons. The summed E-state index contributed by atoms with van der Waals surface area (Å²) in [5.41, 5.74) is 0.547. The van der Waals surface area contributed by atoms with E-state index < -0.39 is 0 Å². The predicted octanol–water partition coefficient (Wildman–Crippen LogP) is 1.15. The molecule has 0 aliphatic rings. The molecule has 0 unspecified atom stereocenters. The molecule has 20 heavy (non-hydrogen) atoms. The summed E-state index contributed by atoms with van der Waals surface area (Å²) in [6, 6.07) is 5.66. The van der Waals surface area contributed by atoms with Crippen LogP contribution in [0.4, 0.5) is 5.82 Å². The lowest BCUT2D eigenvalue weighted by molar-refractivity contribution is 0.0827. The van der Waals surface area contributed by atoms with Gasteiger partial charge < -0.3 is 14.5 Å². The first-order valence-corrected chi connectivity index (χ1v) is 6.38. The molecule has 1 amide bonds. The van der Waals surface area contributed by atoms with E-state index in [4.69, 9.17) is 10.00 Å². The zero-order valence-electron chi connectivity index (χ0n) is 12.2. The molecule has 1 heterocycles. The Kier molecular flexibility index (Phi) is 6.47. The lowest BCUT2D eigenvalue weighted by Gasteiger charge is -2.22. The van der Waals surface area contributed by atoms with E-state index in [0.717, 1.165) is 5.82 Å². The van der Waals surface area contributed by atoms with Crippen molar-refractivity contribution >= 4 is 11.7 Å². The van der Waals surface area contributed by atoms with E-state index >= 15 is 0 Å². The van der Waals surface area contributed by atoms with Crippen molar-refractivity contribution in [1.82, 2.24) is 9.88 Å². The van der Waals surface area contributed by atoms with E-state index in [1.165, 1.54) is 4.90 Å². The van der Waals surface area contributed by atoms with Crippen LogP contribution in [-0.4, -0.2) is 56.7 Å². The largest absolute Gasteiger partial charge is 0.383 e. The summed E-state index contributed by atoms with van der Waals surface area (Å²) < 4.78 is 5.05. The first-order chi connectivity index (χ1) is 9.60. The van der Waals surface area contributed by atoms with Gasteiger partial charge in [-0.3, -0.25) is 4.79 Å². The highest BCUT2D eigenvalue weighted by Gasteiger charge is 2.11. The quantitative estimate of drug-likeness (QED) is 0.747. The Balaban J connectivity index is 2.81. The zero-order chi connectivity index (χ0) is 15.0. The number of aromatic nitrogens is 1. The molecule has 0 spiro atoms. The third-order valence-electron chi connectivity index (χ3n) is 2.78. The zero-order valence-corrected chi connectivity index (χ0v) is 12.2. The number of hydrogen-bond acceptors (Lipinski definition) is 5. The third kappa shape index (κ3) is 4.52. The van der Waals surface area contributed by atoms with Gasteiger partial charge in [-0.25, -0.2) is 4.98 Å². The van der Waals surface area contributed by atoms with Crippen LogP contribution < -0.4 is 4.90 Å². The van der Waals surface area contributed by atoms with Crippen LogP contribution in [0.5, 0.6) is 0 Å². The molecule has 0 saturated heterocycles. The van der Waals surface area contributed by atoms with E-state index in [1.54, 1.807) is 39.5 Å². The third-order valence-corrected chi connectivity index (χ3v) is 2.78. The molecule has 6 nitrogen and oxygen atoms in total. The Labute approximate surface area is 119 Å². The van der Waals surface area contributed by atoms with Crippen molar-refractivity contribution in [2.24, 2.45) is 0 Å². The Morgan fingerprint density at radius 3 is 2.65 bits per heavy atom. The monoisotopic (exact) mass is 276 g/mol. The summed E-state index contributed by atoms with van der Waals surface area (Å²) in [4.78, 5) is 19.6. The van der Waals surface area contributed by atoms with Crippen molar-refractivity contribution in [3.8, 4) is 6.07 Å². The van der Waals surface area contributed by atoms with Gasteiger partial charge in [0.1, 0.15) is 5.82 Å². The maximum absolute atomic E-state index is 11.8. The van der Waals surface area contributed by atoms with Gasteiger partial charge in [-0.1, -0.05) is 0 Å². The second-order valence-corrected chi connectivity index (χ2v) is 4.49. The van der Waals surface area contributed by atoms with Gasteiger partial charge in [0.25, 0.3) is 5.91 Å². The van der Waals surface area contributed by atoms with Gasteiger partial charge >= 0.3 is 0 Å². The smallest absolute Gasteiger partial charge is 0.254 e. The van der Waals surface area contributed by atoms with E-state index in [0.29, 0.717) is 31.7 Å². The molecule has 6 heteroatoms. The van der Waals surface area contributed by atoms with Gasteiger partial charge in [-0.2, -0.15) is 5.26 Å². The molecule has 1 aromatic rings. The number of nitriles is 1. The first kappa shape index (κ1) is 15.9. The van der Waals surface area contributed by atoms with Gasteiger partial charge in [0.15, 0.2) is 0 Å². The van der Waals surface area contributed by atoms with Crippen LogP contribution in [-0.2, 0) is 4.74 Å². The number of methoxy groups -OCH3 is 1. The molecule has 0 radical (unpaired) electrons. The van der Waals surface area contributed by atoms with Crippen LogP contribution in [0.1, 0.15) is 16.8 Å². The summed E-state index contributed by atoms with van der Waals surface area (Å²) in [5.74, 6) is 0.664. The van der Waals surface area contributed by atoms with E-state index in [2.05, 4.69) is 11.1 Å². The Bertz CT molecular complexity index is 465. The first-order valence-electron chi connectivity index (χ1n) is 6.38. The maximum Gasteiger partial charge on any atom is 0.254 e. The molecular formula is C14H20N4O2. The number of nitrogens with zero attached hydrogens (tertiary/aromatic N) is 4. The average molecular weight is 276 g/mol. The molecule has 0 saturated carbocycles. The molecule has 0 bridgehead atoms. The summed E-state index contributed by atoms with van der Waals surface area (Å²) in [5, 5.41) is 8.69. The summed E-state index contributed by atoms with van der Waals surface area (Å²) in [6.07, 6.45) is 1.98. The Hall–Kier alpha value is -2.13. The maximum atomic E-state index is 11.8. The fourth-order valence-electron chi connectivity index (χ4n) is 1.69. The minimum Gasteiger partial charge on any atom is -0.383 e. The number of carbonyl (C=O) groups excluding carboxylic acids is 1. The van der Waals surface area contributed by atoms with Gasteiger partial charge in [-0.15, -0.1) is 0 Å². The minimum absolute atomic E-state index is 0.0792. The molecule has 0 fully saturated rings. The number of hydrogen-bond donors (Lipinski definition) is 0. The second kappa shape index (κ2) is 8.12. The van der Waals surface area contributed by atoms with Crippen LogP contribution in [0.2, 0.25) is 0 Å². The lowest BCUT2D eigenvalue weighted by atomic mass is 10.2. The molecule has 0 aromatic carbocycles. The average Bonchev–Trinajstić information content (AvgIpc) is 2.47. The highest BCUT2D eigenvalue weighted by molar-refractivity contribution is 5.93. The number of amides is 1. The van der Waals surface area contributed by atoms with Gasteiger partial charge in [0, 0.05) is 40.5 Å². The molecule has 0 atom stereocenters. The fourth-order valence-corrected chi connectivity index (χ4v) is 1.69. The van der Waals surface area contributed by atoms with Crippen LogP contribution in [0, 0.1) is 11.3 Å². The number of ether oxygens (including phenoxy) is 1. The van der Waals surface area contributed by atoms with Crippen LogP contribution >= 0.6 is 0 Å². The SMILES string of the molecule is COCCN(CCC#N)c1ccc(C(=O)N(C)C)cn1. The van der Waals surface area contributed by atoms with Crippen LogP contribution in [0.25, 0.3) is 0 Å². The van der Waals surface area contributed by atoms with E-state index in [9.17, 15) is 4.79 Å². The summed E-state index contributed by atoms with van der Waals surface area (Å²) >= 11 is 0. The number of anilines is 1.